The summed E-state index contributed by atoms with van der Waals surface area (Å²) in [5.74, 6) is 3.65. The van der Waals surface area contributed by atoms with Crippen LogP contribution in [0, 0.1) is 11.2 Å². The van der Waals surface area contributed by atoms with Crippen molar-refractivity contribution in [2.45, 2.75) is 68.3 Å². The Labute approximate surface area is 265 Å². The van der Waals surface area contributed by atoms with Crippen molar-refractivity contribution in [3.63, 3.8) is 0 Å². The minimum Gasteiger partial charge on any atom is -0.390 e. The van der Waals surface area contributed by atoms with Crippen molar-refractivity contribution in [1.82, 2.24) is 33.8 Å². The van der Waals surface area contributed by atoms with Gasteiger partial charge in [-0.2, -0.15) is 5.10 Å². The highest BCUT2D eigenvalue weighted by molar-refractivity contribution is 7.98. The Hall–Kier alpha value is -3.71. The zero-order valence-electron chi connectivity index (χ0n) is 24.9. The highest BCUT2D eigenvalue weighted by Crippen LogP contribution is 2.53. The van der Waals surface area contributed by atoms with Crippen LogP contribution in [0.1, 0.15) is 60.8 Å². The molecule has 0 aliphatic heterocycles. The predicted octanol–water partition coefficient (Wildman–Crippen LogP) is 4.46. The first kappa shape index (κ1) is 30.0. The van der Waals surface area contributed by atoms with Crippen LogP contribution in [0.2, 0.25) is 5.02 Å². The van der Waals surface area contributed by atoms with E-state index in [4.69, 9.17) is 11.6 Å². The van der Waals surface area contributed by atoms with Crippen LogP contribution in [0.3, 0.4) is 0 Å². The molecular formula is C32H33ClFN7O3S. The molecule has 0 amide bonds. The fraction of sp³-hybridized carbons (Fsp3) is 0.375. The molecule has 3 heterocycles. The summed E-state index contributed by atoms with van der Waals surface area (Å²) in [6.45, 7) is 1.77. The lowest BCUT2D eigenvalue weighted by atomic mass is 9.60. The summed E-state index contributed by atoms with van der Waals surface area (Å²) < 4.78 is 33.4. The number of hydrogen-bond acceptors (Lipinski definition) is 7. The average Bonchev–Trinajstić information content (AvgIpc) is 3.61. The van der Waals surface area contributed by atoms with E-state index < -0.39 is 20.7 Å². The lowest BCUT2D eigenvalue weighted by Gasteiger charge is -2.53. The maximum Gasteiger partial charge on any atom is 0.244 e. The van der Waals surface area contributed by atoms with Gasteiger partial charge in [-0.1, -0.05) is 17.2 Å². The van der Waals surface area contributed by atoms with Gasteiger partial charge in [-0.3, -0.25) is 14.5 Å². The van der Waals surface area contributed by atoms with Gasteiger partial charge in [0, 0.05) is 30.4 Å². The van der Waals surface area contributed by atoms with Gasteiger partial charge in [0.15, 0.2) is 5.78 Å². The minimum absolute atomic E-state index is 0.126. The topological polar surface area (TPSA) is 119 Å². The molecule has 2 fully saturated rings. The number of carbonyl (C=O) groups is 1. The zero-order valence-corrected chi connectivity index (χ0v) is 26.5. The summed E-state index contributed by atoms with van der Waals surface area (Å²) in [6.07, 6.45) is 9.43. The number of Topliss-reactive ketones (excluding diaryl/α,β-unsaturated/α-hetero) is 1. The van der Waals surface area contributed by atoms with Gasteiger partial charge in [0.2, 0.25) is 5.16 Å². The summed E-state index contributed by atoms with van der Waals surface area (Å²) in [4.78, 5) is 23.4. The summed E-state index contributed by atoms with van der Waals surface area (Å²) in [5.41, 5.74) is 1.67. The van der Waals surface area contributed by atoms with Crippen molar-refractivity contribution >= 4 is 39.0 Å². The molecule has 13 heteroatoms. The third kappa shape index (κ3) is 5.13. The van der Waals surface area contributed by atoms with Gasteiger partial charge in [0.25, 0.3) is 0 Å². The standard InChI is InChI=1S/C32H33ClFN7O3S/c1-31(43)15-26(16-31)41(45(3,44)30-36-19-39(2)38-30)25-7-4-21-12-28-20(18-37-40(28)24-8-5-23(34)6-9-24)14-32(21,17-25)29(42)27-13-22(33)10-11-35-27/h5-6,8-13,18-19,25-26,43H,3-4,7,14-17H2,1-2H3/t25-,26?,31?,32-,45?/m0/s1. The van der Waals surface area contributed by atoms with Crippen molar-refractivity contribution in [1.29, 1.82) is 0 Å². The van der Waals surface area contributed by atoms with Gasteiger partial charge in [-0.05, 0) is 99.4 Å². The number of rotatable bonds is 7. The molecule has 7 rings (SSSR count). The number of ketones is 1. The van der Waals surface area contributed by atoms with Crippen LogP contribution in [0.15, 0.2) is 65.8 Å². The number of aryl methyl sites for hydroxylation is 1. The maximum absolute atomic E-state index is 14.7. The Morgan fingerprint density at radius 2 is 1.93 bits per heavy atom. The molecular weight excluding hydrogens is 617 g/mol. The van der Waals surface area contributed by atoms with Crippen molar-refractivity contribution in [3.8, 4) is 5.69 Å². The Balaban J connectivity index is 1.33. The quantitative estimate of drug-likeness (QED) is 0.232. The normalized spacial score (nSPS) is 27.2. The number of aromatic nitrogens is 6. The lowest BCUT2D eigenvalue weighted by molar-refractivity contribution is -0.0680. The van der Waals surface area contributed by atoms with Crippen LogP contribution in [0.5, 0.6) is 0 Å². The minimum atomic E-state index is -3.18. The highest BCUT2D eigenvalue weighted by Gasteiger charge is 2.54. The number of allylic oxidation sites excluding steroid dienone is 1. The SMILES string of the molecule is C=S(=O)(c1ncn(C)n1)N(C1CC(C)(O)C1)[C@H]1CCC2=Cc3c(cnn3-c3ccc(F)cc3)C[C@]2(C(=O)c2cc(Cl)ccn2)C1. The molecule has 0 radical (unpaired) electrons. The number of fused-ring (bicyclic) bond motifs is 2. The first-order valence-electron chi connectivity index (χ1n) is 14.8. The van der Waals surface area contributed by atoms with E-state index >= 15 is 0 Å². The van der Waals surface area contributed by atoms with E-state index in [2.05, 4.69) is 26.0 Å². The third-order valence-electron chi connectivity index (χ3n) is 9.37. The molecule has 1 N–H and O–H groups in total. The molecule has 3 atom stereocenters. The molecule has 3 aromatic heterocycles. The molecule has 10 nitrogen and oxygen atoms in total. The van der Waals surface area contributed by atoms with Crippen molar-refractivity contribution < 1.29 is 18.5 Å². The molecule has 0 spiro atoms. The van der Waals surface area contributed by atoms with Crippen LogP contribution in [-0.2, 0) is 23.2 Å². The largest absolute Gasteiger partial charge is 0.390 e. The molecule has 3 aliphatic rings. The monoisotopic (exact) mass is 649 g/mol. The van der Waals surface area contributed by atoms with Crippen LogP contribution in [0.4, 0.5) is 4.39 Å². The van der Waals surface area contributed by atoms with Crippen LogP contribution >= 0.6 is 11.6 Å². The highest BCUT2D eigenvalue weighted by atomic mass is 35.5. The number of benzene rings is 1. The van der Waals surface area contributed by atoms with Gasteiger partial charge in [-0.25, -0.2) is 22.6 Å². The average molecular weight is 650 g/mol. The Morgan fingerprint density at radius 3 is 2.60 bits per heavy atom. The second-order valence-electron chi connectivity index (χ2n) is 12.7. The molecule has 1 unspecified atom stereocenters. The number of halogens is 2. The fourth-order valence-electron chi connectivity index (χ4n) is 7.34. The second kappa shape index (κ2) is 10.7. The Kier molecular flexibility index (Phi) is 7.12. The summed E-state index contributed by atoms with van der Waals surface area (Å²) in [6, 6.07) is 8.76. The molecule has 45 heavy (non-hydrogen) atoms. The molecule has 1 aromatic carbocycles. The first-order chi connectivity index (χ1) is 21.4. The summed E-state index contributed by atoms with van der Waals surface area (Å²) >= 11 is 6.33. The van der Waals surface area contributed by atoms with Crippen LogP contribution in [0.25, 0.3) is 11.8 Å². The predicted molar refractivity (Wildman–Crippen MR) is 169 cm³/mol. The lowest BCUT2D eigenvalue weighted by Crippen LogP contribution is -2.60. The smallest absolute Gasteiger partial charge is 0.244 e. The number of pyridine rings is 1. The van der Waals surface area contributed by atoms with Gasteiger partial charge in [0.1, 0.15) is 17.8 Å². The zero-order chi connectivity index (χ0) is 31.7. The fourth-order valence-corrected chi connectivity index (χ4v) is 9.45. The molecule has 4 aromatic rings. The maximum atomic E-state index is 14.7. The van der Waals surface area contributed by atoms with Crippen LogP contribution in [-0.4, -0.2) is 72.5 Å². The molecule has 2 saturated carbocycles. The van der Waals surface area contributed by atoms with E-state index in [0.717, 1.165) is 16.8 Å². The van der Waals surface area contributed by atoms with Crippen molar-refractivity contribution in [3.05, 3.63) is 88.5 Å². The summed E-state index contributed by atoms with van der Waals surface area (Å²) in [7, 11) is -1.48. The van der Waals surface area contributed by atoms with Crippen LogP contribution < -0.4 is 0 Å². The number of carbonyl (C=O) groups excluding carboxylic acids is 1. The second-order valence-corrected chi connectivity index (χ2v) is 15.2. The van der Waals surface area contributed by atoms with Gasteiger partial charge in [0.05, 0.1) is 38.3 Å². The van der Waals surface area contributed by atoms with E-state index in [0.29, 0.717) is 49.2 Å². The van der Waals surface area contributed by atoms with Gasteiger partial charge >= 0.3 is 0 Å². The van der Waals surface area contributed by atoms with E-state index in [1.165, 1.54) is 29.3 Å². The molecule has 0 saturated heterocycles. The number of hydrogen-bond donors (Lipinski definition) is 1. The summed E-state index contributed by atoms with van der Waals surface area (Å²) in [5, 5.41) is 20.2. The third-order valence-corrected chi connectivity index (χ3v) is 11.6. The molecule has 234 valence electrons. The first-order valence-corrected chi connectivity index (χ1v) is 16.9. The molecule has 3 aliphatic carbocycles. The van der Waals surface area contributed by atoms with E-state index in [9.17, 15) is 18.5 Å². The van der Waals surface area contributed by atoms with Gasteiger partial charge in [-0.15, -0.1) is 5.10 Å². The van der Waals surface area contributed by atoms with Crippen molar-refractivity contribution in [2.75, 3.05) is 0 Å². The number of nitrogens with zero attached hydrogens (tertiary/aromatic N) is 7. The number of aliphatic hydroxyl groups is 1. The van der Waals surface area contributed by atoms with E-state index in [1.807, 2.05) is 10.4 Å². The van der Waals surface area contributed by atoms with E-state index in [-0.39, 0.29) is 34.5 Å². The Bertz CT molecular complexity index is 1940. The van der Waals surface area contributed by atoms with Gasteiger partial charge < -0.3 is 5.11 Å². The van der Waals surface area contributed by atoms with E-state index in [1.54, 1.807) is 49.1 Å². The van der Waals surface area contributed by atoms with Crippen molar-refractivity contribution in [2.24, 2.45) is 12.5 Å². The Morgan fingerprint density at radius 1 is 1.18 bits per heavy atom. The molecule has 0 bridgehead atoms.